The molecule has 1 heterocycles. The summed E-state index contributed by atoms with van der Waals surface area (Å²) in [7, 11) is 4.12. The molecule has 1 saturated heterocycles. The molecule has 1 unspecified atom stereocenters. The number of carbonyl (C=O) groups excluding carboxylic acids is 1. The molecule has 8 nitrogen and oxygen atoms in total. The van der Waals surface area contributed by atoms with Crippen LogP contribution in [0, 0.1) is 29.1 Å². The lowest BCUT2D eigenvalue weighted by atomic mass is 9.45. The predicted molar refractivity (Wildman–Crippen MR) is 144 cm³/mol. The van der Waals surface area contributed by atoms with Crippen LogP contribution in [-0.4, -0.2) is 84.2 Å². The van der Waals surface area contributed by atoms with Crippen LogP contribution in [0.5, 0.6) is 0 Å². The number of hydroxylamine groups is 2. The number of benzene rings is 1. The number of rotatable bonds is 11. The van der Waals surface area contributed by atoms with E-state index in [1.54, 1.807) is 12.0 Å². The zero-order valence-electron chi connectivity index (χ0n) is 23.5. The molecule has 0 aromatic heterocycles. The number of nitrogens with zero attached hydrogens (tertiary/aromatic N) is 2. The largest absolute Gasteiger partial charge is 0.394 e. The van der Waals surface area contributed by atoms with Crippen LogP contribution in [0.3, 0.4) is 0 Å². The van der Waals surface area contributed by atoms with E-state index in [0.29, 0.717) is 29.7 Å². The number of carbonyl (C=O) groups is 1. The normalized spacial score (nSPS) is 33.8. The monoisotopic (exact) mass is 516 g/mol. The molecule has 4 fully saturated rings. The summed E-state index contributed by atoms with van der Waals surface area (Å²) in [6, 6.07) is 7.74. The number of hydrogen-bond donors (Lipinski definition) is 4. The summed E-state index contributed by atoms with van der Waals surface area (Å²) in [6.07, 6.45) is 0.835. The first-order valence-electron chi connectivity index (χ1n) is 14.0. The van der Waals surface area contributed by atoms with Gasteiger partial charge in [0.2, 0.25) is 5.91 Å². The second-order valence-electron chi connectivity index (χ2n) is 12.5. The quantitative estimate of drug-likeness (QED) is 0.334. The molecule has 208 valence electrons. The number of fused-ring (bicyclic) bond motifs is 2. The Kier molecular flexibility index (Phi) is 8.98. The first-order valence-corrected chi connectivity index (χ1v) is 14.0. The molecule has 3 aliphatic carbocycles. The molecule has 4 N–H and O–H groups in total. The third-order valence-electron chi connectivity index (χ3n) is 9.46. The van der Waals surface area contributed by atoms with Gasteiger partial charge in [0.05, 0.1) is 19.3 Å². The highest BCUT2D eigenvalue weighted by molar-refractivity contribution is 5.82. The smallest absolute Gasteiger partial charge is 0.240 e. The highest BCUT2D eigenvalue weighted by Crippen LogP contribution is 2.61. The van der Waals surface area contributed by atoms with Gasteiger partial charge in [0.15, 0.2) is 0 Å². The van der Waals surface area contributed by atoms with E-state index >= 15 is 0 Å². The molecule has 8 atom stereocenters. The lowest BCUT2D eigenvalue weighted by Crippen LogP contribution is -2.62. The summed E-state index contributed by atoms with van der Waals surface area (Å²) in [5.41, 5.74) is 2.54. The minimum atomic E-state index is -0.791. The summed E-state index contributed by atoms with van der Waals surface area (Å²) < 4.78 is 0. The van der Waals surface area contributed by atoms with Crippen molar-refractivity contribution in [3.05, 3.63) is 35.4 Å². The van der Waals surface area contributed by atoms with Crippen LogP contribution in [0.4, 0.5) is 0 Å². The van der Waals surface area contributed by atoms with E-state index in [4.69, 9.17) is 4.84 Å². The van der Waals surface area contributed by atoms with E-state index in [-0.39, 0.29) is 18.6 Å². The topological polar surface area (TPSA) is 97.3 Å². The van der Waals surface area contributed by atoms with Crippen molar-refractivity contribution in [1.29, 1.82) is 0 Å². The van der Waals surface area contributed by atoms with E-state index in [9.17, 15) is 15.0 Å². The summed E-state index contributed by atoms with van der Waals surface area (Å²) in [6.45, 7) is 11.5. The van der Waals surface area contributed by atoms with Crippen LogP contribution >= 0.6 is 0 Å². The van der Waals surface area contributed by atoms with E-state index in [2.05, 4.69) is 62.5 Å². The van der Waals surface area contributed by atoms with Crippen molar-refractivity contribution in [3.8, 4) is 0 Å². The van der Waals surface area contributed by atoms with Crippen molar-refractivity contribution < 1.29 is 19.8 Å². The number of aliphatic hydroxyl groups is 2. The van der Waals surface area contributed by atoms with Gasteiger partial charge >= 0.3 is 0 Å². The lowest BCUT2D eigenvalue weighted by molar-refractivity contribution is -0.183. The third kappa shape index (κ3) is 6.05. The van der Waals surface area contributed by atoms with Gasteiger partial charge in [-0.3, -0.25) is 9.63 Å². The fourth-order valence-corrected chi connectivity index (χ4v) is 7.04. The van der Waals surface area contributed by atoms with E-state index in [1.165, 1.54) is 12.0 Å². The van der Waals surface area contributed by atoms with Crippen molar-refractivity contribution in [1.82, 2.24) is 20.6 Å². The van der Waals surface area contributed by atoms with Crippen LogP contribution in [0.2, 0.25) is 0 Å². The number of amides is 1. The number of hydrogen-bond acceptors (Lipinski definition) is 7. The lowest BCUT2D eigenvalue weighted by Gasteiger charge is -2.62. The van der Waals surface area contributed by atoms with E-state index in [1.807, 2.05) is 12.1 Å². The van der Waals surface area contributed by atoms with Gasteiger partial charge < -0.3 is 25.7 Å². The zero-order chi connectivity index (χ0) is 26.9. The van der Waals surface area contributed by atoms with Gasteiger partial charge in [-0.15, -0.1) is 0 Å². The Morgan fingerprint density at radius 3 is 2.62 bits per heavy atom. The van der Waals surface area contributed by atoms with Crippen LogP contribution < -0.4 is 10.6 Å². The number of likely N-dealkylation sites (N-methyl/N-ethyl adjacent to an activating group) is 1. The van der Waals surface area contributed by atoms with Crippen LogP contribution in [0.25, 0.3) is 0 Å². The van der Waals surface area contributed by atoms with Gasteiger partial charge in [-0.1, -0.05) is 45.0 Å². The fraction of sp³-hybridized carbons (Fsp3) is 0.759. The average molecular weight is 517 g/mol. The second-order valence-corrected chi connectivity index (χ2v) is 12.5. The molecule has 1 aromatic carbocycles. The molecule has 3 saturated carbocycles. The molecule has 1 aliphatic heterocycles. The molecule has 0 spiro atoms. The molecule has 4 aliphatic rings. The van der Waals surface area contributed by atoms with Gasteiger partial charge in [-0.2, -0.15) is 5.06 Å². The maximum Gasteiger partial charge on any atom is 0.240 e. The highest BCUT2D eigenvalue weighted by Gasteiger charge is 2.57. The number of nitrogens with one attached hydrogen (secondary N) is 2. The Labute approximate surface area is 222 Å². The maximum atomic E-state index is 13.8. The van der Waals surface area contributed by atoms with Crippen molar-refractivity contribution in [2.45, 2.75) is 77.9 Å². The summed E-state index contributed by atoms with van der Waals surface area (Å²) >= 11 is 0. The van der Waals surface area contributed by atoms with Gasteiger partial charge in [-0.25, -0.2) is 0 Å². The average Bonchev–Trinajstić information content (AvgIpc) is 3.21. The second kappa shape index (κ2) is 11.7. The van der Waals surface area contributed by atoms with Crippen molar-refractivity contribution in [3.63, 3.8) is 0 Å². The van der Waals surface area contributed by atoms with Crippen molar-refractivity contribution in [2.75, 3.05) is 33.8 Å². The van der Waals surface area contributed by atoms with Gasteiger partial charge in [0.25, 0.3) is 0 Å². The standard InChI is InChI=1S/C29H48N4O4/c1-18-23-13-22(29(23,3)4)14-24(18)31-28(36)27-26(19(2)35)25(17-34)37-33(27)16-21-9-7-8-20(12-21)15-30-10-11-32(5)6/h7-9,12,18-19,22-27,30,34-35H,10-11,13-17H2,1-6H3,(H,31,36)/t18-,19-,22+,23-,24-,25-,26?,27-/m0/s1. The molecule has 0 radical (unpaired) electrons. The molecule has 1 aromatic rings. The zero-order valence-corrected chi connectivity index (χ0v) is 23.5. The Bertz CT molecular complexity index is 923. The van der Waals surface area contributed by atoms with Crippen molar-refractivity contribution in [2.24, 2.45) is 29.1 Å². The minimum Gasteiger partial charge on any atom is -0.394 e. The summed E-state index contributed by atoms with van der Waals surface area (Å²) in [5, 5.41) is 29.1. The van der Waals surface area contributed by atoms with Gasteiger partial charge in [0.1, 0.15) is 12.1 Å². The van der Waals surface area contributed by atoms with Gasteiger partial charge in [0, 0.05) is 31.6 Å². The molecule has 1 amide bonds. The minimum absolute atomic E-state index is 0.112. The van der Waals surface area contributed by atoms with E-state index < -0.39 is 24.2 Å². The molecular formula is C29H48N4O4. The SMILES string of the molecule is C[C@@H]1[C@@H](NC(=O)[C@@H]2C([C@H](C)O)[C@H](CO)ON2Cc2cccc(CNCCN(C)C)c2)C[C@H]2C[C@@H]1C2(C)C. The van der Waals surface area contributed by atoms with Crippen LogP contribution in [0.15, 0.2) is 24.3 Å². The fourth-order valence-electron chi connectivity index (χ4n) is 7.04. The van der Waals surface area contributed by atoms with Gasteiger partial charge in [-0.05, 0) is 68.2 Å². The maximum absolute atomic E-state index is 13.8. The third-order valence-corrected chi connectivity index (χ3v) is 9.46. The first kappa shape index (κ1) is 28.5. The summed E-state index contributed by atoms with van der Waals surface area (Å²) in [4.78, 5) is 22.0. The first-order chi connectivity index (χ1) is 17.5. The highest BCUT2D eigenvalue weighted by atomic mass is 16.7. The molecule has 2 bridgehead atoms. The summed E-state index contributed by atoms with van der Waals surface area (Å²) in [5.74, 6) is 1.06. The molecular weight excluding hydrogens is 468 g/mol. The van der Waals surface area contributed by atoms with Crippen LogP contribution in [0.1, 0.15) is 51.7 Å². The van der Waals surface area contributed by atoms with Crippen molar-refractivity contribution >= 4 is 5.91 Å². The number of aliphatic hydroxyl groups excluding tert-OH is 2. The Hall–Kier alpha value is -1.55. The molecule has 5 rings (SSSR count). The van der Waals surface area contributed by atoms with Crippen LogP contribution in [-0.2, 0) is 22.7 Å². The Morgan fingerprint density at radius 1 is 1.27 bits per heavy atom. The Balaban J connectivity index is 1.46. The predicted octanol–water partition coefficient (Wildman–Crippen LogP) is 2.00. The van der Waals surface area contributed by atoms with E-state index in [0.717, 1.165) is 31.6 Å². The molecule has 8 heteroatoms. The molecule has 37 heavy (non-hydrogen) atoms. The Morgan fingerprint density at radius 2 is 2.00 bits per heavy atom.